The molecule has 3 rings (SSSR count). The molecular weight excluding hydrogens is 320 g/mol. The van der Waals surface area contributed by atoms with E-state index in [1.807, 2.05) is 30.3 Å². The van der Waals surface area contributed by atoms with Gasteiger partial charge in [-0.2, -0.15) is 0 Å². The van der Waals surface area contributed by atoms with Gasteiger partial charge in [0.25, 0.3) is 0 Å². The number of phenolic OH excluding ortho intramolecular Hbond substituents is 1. The summed E-state index contributed by atoms with van der Waals surface area (Å²) in [6.45, 7) is 0.483. The summed E-state index contributed by atoms with van der Waals surface area (Å²) in [6, 6.07) is 12.9. The molecule has 4 heteroatoms. The number of hydrogen-bond donors (Lipinski definition) is 1. The van der Waals surface area contributed by atoms with E-state index in [1.165, 1.54) is 0 Å². The zero-order valence-corrected chi connectivity index (χ0v) is 12.5. The van der Waals surface area contributed by atoms with Gasteiger partial charge in [-0.1, -0.05) is 28.1 Å². The topological polar surface area (TPSA) is 38.7 Å². The molecule has 0 bridgehead atoms. The van der Waals surface area contributed by atoms with Crippen molar-refractivity contribution in [3.63, 3.8) is 0 Å². The standard InChI is InChI=1S/C16H13BrO3/c1-19-12-6-7-13-15(8-12)20-9-14(17)16(13)10-2-4-11(18)5-3-10/h2-8,18H,9H2,1H3. The van der Waals surface area contributed by atoms with E-state index in [2.05, 4.69) is 15.9 Å². The number of methoxy groups -OCH3 is 1. The number of fused-ring (bicyclic) bond motifs is 1. The van der Waals surface area contributed by atoms with Crippen molar-refractivity contribution in [1.82, 2.24) is 0 Å². The molecule has 102 valence electrons. The van der Waals surface area contributed by atoms with E-state index < -0.39 is 0 Å². The van der Waals surface area contributed by atoms with Crippen LogP contribution in [-0.2, 0) is 0 Å². The minimum atomic E-state index is 0.257. The molecule has 1 heterocycles. The number of rotatable bonds is 2. The van der Waals surface area contributed by atoms with E-state index in [9.17, 15) is 5.11 Å². The molecule has 0 aromatic heterocycles. The third kappa shape index (κ3) is 2.27. The van der Waals surface area contributed by atoms with Gasteiger partial charge in [-0.3, -0.25) is 0 Å². The molecule has 0 fully saturated rings. The lowest BCUT2D eigenvalue weighted by molar-refractivity contribution is 0.349. The van der Waals surface area contributed by atoms with Gasteiger partial charge in [-0.15, -0.1) is 0 Å². The smallest absolute Gasteiger partial charge is 0.131 e. The van der Waals surface area contributed by atoms with Crippen LogP contribution in [-0.4, -0.2) is 18.8 Å². The summed E-state index contributed by atoms with van der Waals surface area (Å²) in [4.78, 5) is 0. The SMILES string of the molecule is COc1ccc2c(c1)OCC(Br)=C2c1ccc(O)cc1. The Kier molecular flexibility index (Phi) is 3.40. The van der Waals surface area contributed by atoms with E-state index in [1.54, 1.807) is 19.2 Å². The number of aromatic hydroxyl groups is 1. The van der Waals surface area contributed by atoms with Crippen LogP contribution in [0.3, 0.4) is 0 Å². The van der Waals surface area contributed by atoms with Crippen LogP contribution in [0.4, 0.5) is 0 Å². The molecular formula is C16H13BrO3. The molecule has 0 saturated heterocycles. The quantitative estimate of drug-likeness (QED) is 0.904. The second-order valence-electron chi connectivity index (χ2n) is 4.48. The average molecular weight is 333 g/mol. The van der Waals surface area contributed by atoms with Gasteiger partial charge in [-0.05, 0) is 29.8 Å². The number of benzene rings is 2. The number of ether oxygens (including phenoxy) is 2. The highest BCUT2D eigenvalue weighted by molar-refractivity contribution is 9.11. The lowest BCUT2D eigenvalue weighted by Crippen LogP contribution is -2.09. The number of phenols is 1. The van der Waals surface area contributed by atoms with E-state index in [-0.39, 0.29) is 5.75 Å². The molecule has 0 spiro atoms. The second kappa shape index (κ2) is 5.21. The minimum Gasteiger partial charge on any atom is -0.508 e. The van der Waals surface area contributed by atoms with Crippen LogP contribution in [0.15, 0.2) is 46.9 Å². The largest absolute Gasteiger partial charge is 0.508 e. The van der Waals surface area contributed by atoms with Crippen molar-refractivity contribution in [1.29, 1.82) is 0 Å². The highest BCUT2D eigenvalue weighted by Gasteiger charge is 2.20. The van der Waals surface area contributed by atoms with Gasteiger partial charge in [0.15, 0.2) is 0 Å². The third-order valence-electron chi connectivity index (χ3n) is 3.24. The Balaban J connectivity index is 2.13. The van der Waals surface area contributed by atoms with Crippen molar-refractivity contribution >= 4 is 21.5 Å². The van der Waals surface area contributed by atoms with Gasteiger partial charge >= 0.3 is 0 Å². The monoisotopic (exact) mass is 332 g/mol. The molecule has 2 aromatic carbocycles. The number of halogens is 1. The van der Waals surface area contributed by atoms with Crippen LogP contribution in [0.2, 0.25) is 0 Å². The Morgan fingerprint density at radius 2 is 1.90 bits per heavy atom. The Morgan fingerprint density at radius 3 is 2.60 bits per heavy atom. The lowest BCUT2D eigenvalue weighted by Gasteiger charge is -2.22. The van der Waals surface area contributed by atoms with Crippen LogP contribution in [0.1, 0.15) is 11.1 Å². The van der Waals surface area contributed by atoms with Crippen molar-refractivity contribution in [2.45, 2.75) is 0 Å². The molecule has 0 radical (unpaired) electrons. The third-order valence-corrected chi connectivity index (χ3v) is 3.87. The maximum Gasteiger partial charge on any atom is 0.131 e. The van der Waals surface area contributed by atoms with Gasteiger partial charge < -0.3 is 14.6 Å². The zero-order valence-electron chi connectivity index (χ0n) is 10.9. The average Bonchev–Trinajstić information content (AvgIpc) is 2.48. The first-order chi connectivity index (χ1) is 9.69. The molecule has 1 N–H and O–H groups in total. The van der Waals surface area contributed by atoms with E-state index in [0.29, 0.717) is 6.61 Å². The van der Waals surface area contributed by atoms with Gasteiger partial charge in [0, 0.05) is 21.7 Å². The first-order valence-electron chi connectivity index (χ1n) is 6.18. The van der Waals surface area contributed by atoms with E-state index in [4.69, 9.17) is 9.47 Å². The molecule has 1 aliphatic rings. The Hall–Kier alpha value is -1.94. The van der Waals surface area contributed by atoms with E-state index in [0.717, 1.165) is 32.7 Å². The molecule has 20 heavy (non-hydrogen) atoms. The normalized spacial score (nSPS) is 13.7. The summed E-state index contributed by atoms with van der Waals surface area (Å²) < 4.78 is 11.9. The minimum absolute atomic E-state index is 0.257. The molecule has 1 aliphatic heterocycles. The van der Waals surface area contributed by atoms with Crippen molar-refractivity contribution < 1.29 is 14.6 Å². The maximum absolute atomic E-state index is 9.42. The molecule has 0 aliphatic carbocycles. The first-order valence-corrected chi connectivity index (χ1v) is 6.97. The Morgan fingerprint density at radius 1 is 1.15 bits per heavy atom. The highest BCUT2D eigenvalue weighted by atomic mass is 79.9. The molecule has 0 saturated carbocycles. The number of hydrogen-bond acceptors (Lipinski definition) is 3. The zero-order chi connectivity index (χ0) is 14.1. The molecule has 3 nitrogen and oxygen atoms in total. The summed E-state index contributed by atoms with van der Waals surface area (Å²) in [6.07, 6.45) is 0. The van der Waals surface area contributed by atoms with Gasteiger partial charge in [0.1, 0.15) is 23.9 Å². The summed E-state index contributed by atoms with van der Waals surface area (Å²) in [5.41, 5.74) is 3.12. The van der Waals surface area contributed by atoms with Gasteiger partial charge in [0.05, 0.1) is 7.11 Å². The fraction of sp³-hybridized carbons (Fsp3) is 0.125. The van der Waals surface area contributed by atoms with Crippen LogP contribution < -0.4 is 9.47 Å². The van der Waals surface area contributed by atoms with Crippen molar-refractivity contribution in [2.75, 3.05) is 13.7 Å². The van der Waals surface area contributed by atoms with Gasteiger partial charge in [0.2, 0.25) is 0 Å². The second-order valence-corrected chi connectivity index (χ2v) is 5.43. The van der Waals surface area contributed by atoms with Crippen LogP contribution in [0, 0.1) is 0 Å². The van der Waals surface area contributed by atoms with Gasteiger partial charge in [-0.25, -0.2) is 0 Å². The molecule has 0 atom stereocenters. The lowest BCUT2D eigenvalue weighted by atomic mass is 9.95. The summed E-state index contributed by atoms with van der Waals surface area (Å²) in [5, 5.41) is 9.42. The Bertz CT molecular complexity index is 675. The predicted octanol–water partition coefficient (Wildman–Crippen LogP) is 3.95. The molecule has 0 amide bonds. The summed E-state index contributed by atoms with van der Waals surface area (Å²) in [5.74, 6) is 1.83. The molecule has 0 unspecified atom stereocenters. The molecule has 2 aromatic rings. The highest BCUT2D eigenvalue weighted by Crippen LogP contribution is 2.41. The summed E-state index contributed by atoms with van der Waals surface area (Å²) >= 11 is 3.58. The van der Waals surface area contributed by atoms with Crippen LogP contribution in [0.25, 0.3) is 5.57 Å². The van der Waals surface area contributed by atoms with E-state index >= 15 is 0 Å². The van der Waals surface area contributed by atoms with Crippen LogP contribution >= 0.6 is 15.9 Å². The van der Waals surface area contributed by atoms with Crippen molar-refractivity contribution in [3.8, 4) is 17.2 Å². The fourth-order valence-electron chi connectivity index (χ4n) is 2.26. The van der Waals surface area contributed by atoms with Crippen LogP contribution in [0.5, 0.6) is 17.2 Å². The fourth-order valence-corrected chi connectivity index (χ4v) is 2.81. The predicted molar refractivity (Wildman–Crippen MR) is 81.5 cm³/mol. The summed E-state index contributed by atoms with van der Waals surface area (Å²) in [7, 11) is 1.64. The van der Waals surface area contributed by atoms with Crippen molar-refractivity contribution in [3.05, 3.63) is 58.1 Å². The first kappa shape index (κ1) is 13.1. The Labute approximate surface area is 125 Å². The van der Waals surface area contributed by atoms with Crippen molar-refractivity contribution in [2.24, 2.45) is 0 Å². The maximum atomic E-state index is 9.42.